The molecule has 0 aliphatic carbocycles. The Hall–Kier alpha value is -3.96. The summed E-state index contributed by atoms with van der Waals surface area (Å²) in [5, 5.41) is 9.52. The zero-order valence-electron chi connectivity index (χ0n) is 26.0. The highest BCUT2D eigenvalue weighted by atomic mass is 32.2. The number of aliphatic hydroxyl groups excluding tert-OH is 1. The molecule has 0 radical (unpaired) electrons. The normalized spacial score (nSPS) is 18.1. The van der Waals surface area contributed by atoms with Crippen molar-refractivity contribution >= 4 is 21.8 Å². The number of para-hydroxylation sites is 1. The molecule has 5 aromatic carbocycles. The van der Waals surface area contributed by atoms with Crippen molar-refractivity contribution in [1.29, 1.82) is 0 Å². The summed E-state index contributed by atoms with van der Waals surface area (Å²) < 4.78 is 46.7. The van der Waals surface area contributed by atoms with Crippen molar-refractivity contribution in [3.05, 3.63) is 150 Å². The van der Waals surface area contributed by atoms with Crippen LogP contribution in [0.3, 0.4) is 0 Å². The number of aliphatic hydroxyl groups is 1. The van der Waals surface area contributed by atoms with Crippen LogP contribution >= 0.6 is 11.8 Å². The number of ether oxygens (including phenoxy) is 3. The number of hydrogen-bond acceptors (Lipinski definition) is 7. The van der Waals surface area contributed by atoms with Gasteiger partial charge in [-0.05, 0) is 58.1 Å². The van der Waals surface area contributed by atoms with E-state index in [1.54, 1.807) is 49.2 Å². The third-order valence-electron chi connectivity index (χ3n) is 8.07. The second-order valence-electron chi connectivity index (χ2n) is 11.3. The van der Waals surface area contributed by atoms with Gasteiger partial charge in [0, 0.05) is 29.2 Å². The Morgan fingerprint density at radius 2 is 1.51 bits per heavy atom. The lowest BCUT2D eigenvalue weighted by Crippen LogP contribution is -2.31. The molecule has 0 bridgehead atoms. The van der Waals surface area contributed by atoms with Crippen molar-refractivity contribution in [1.82, 2.24) is 4.72 Å². The molecule has 0 aromatic heterocycles. The van der Waals surface area contributed by atoms with E-state index >= 15 is 0 Å². The summed E-state index contributed by atoms with van der Waals surface area (Å²) in [4.78, 5) is 1.30. The van der Waals surface area contributed by atoms with Gasteiger partial charge < -0.3 is 19.3 Å². The molecule has 3 atom stereocenters. The Balaban J connectivity index is 1.17. The van der Waals surface area contributed by atoms with Gasteiger partial charge in [-0.2, -0.15) is 0 Å². The van der Waals surface area contributed by atoms with Crippen LogP contribution in [-0.2, 0) is 32.6 Å². The maximum Gasteiger partial charge on any atom is 0.240 e. The predicted octanol–water partition coefficient (Wildman–Crippen LogP) is 7.67. The second kappa shape index (κ2) is 15.3. The maximum atomic E-state index is 12.7. The fraction of sp³-hybridized carbons (Fsp3) is 0.211. The summed E-state index contributed by atoms with van der Waals surface area (Å²) in [5.74, 6) is 1.56. The van der Waals surface area contributed by atoms with E-state index < -0.39 is 16.3 Å². The minimum absolute atomic E-state index is 0.00568. The Bertz CT molecular complexity index is 1870. The summed E-state index contributed by atoms with van der Waals surface area (Å²) >= 11 is 1.70. The molecule has 2 N–H and O–H groups in total. The lowest BCUT2D eigenvalue weighted by atomic mass is 9.99. The van der Waals surface area contributed by atoms with Crippen LogP contribution in [-0.4, -0.2) is 32.5 Å². The SMILES string of the molecule is COc1ccccc1SC[C@@H]1C[C@H](c2ccc(CO)cc2)O[C@H](c2ccc(-c3cccc(CNS(=O)(=O)c4ccccc4)c3)cc2)O1. The topological polar surface area (TPSA) is 94.1 Å². The molecule has 5 aromatic rings. The smallest absolute Gasteiger partial charge is 0.240 e. The molecule has 1 aliphatic rings. The standard InChI is InChI=1S/C38H37NO6S2/c1-43-35-12-5-6-13-37(35)46-26-33-23-36(30-16-14-27(25-40)15-17-30)45-38(44-33)31-20-18-29(19-21-31)32-9-7-8-28(22-32)24-39-47(41,42)34-10-3-2-4-11-34/h2-22,33,36,38-40H,23-26H2,1H3/t33-,36+,38+/m0/s1. The number of hydrogen-bond donors (Lipinski definition) is 2. The molecular formula is C38H37NO6S2. The van der Waals surface area contributed by atoms with Gasteiger partial charge >= 0.3 is 0 Å². The highest BCUT2D eigenvalue weighted by Crippen LogP contribution is 2.40. The van der Waals surface area contributed by atoms with E-state index in [0.29, 0.717) is 6.42 Å². The Labute approximate surface area is 280 Å². The van der Waals surface area contributed by atoms with Gasteiger partial charge in [0.15, 0.2) is 6.29 Å². The molecule has 1 heterocycles. The van der Waals surface area contributed by atoms with Crippen LogP contribution in [0.2, 0.25) is 0 Å². The van der Waals surface area contributed by atoms with Crippen molar-refractivity contribution in [2.45, 2.75) is 47.9 Å². The van der Waals surface area contributed by atoms with Crippen LogP contribution < -0.4 is 9.46 Å². The molecule has 1 fully saturated rings. The third kappa shape index (κ3) is 8.31. The van der Waals surface area contributed by atoms with Crippen molar-refractivity contribution < 1.29 is 27.7 Å². The molecule has 0 amide bonds. The zero-order chi connectivity index (χ0) is 32.6. The summed E-state index contributed by atoms with van der Waals surface area (Å²) in [6.07, 6.45) is -0.138. The molecule has 6 rings (SSSR count). The van der Waals surface area contributed by atoms with Crippen LogP contribution in [0.1, 0.15) is 41.1 Å². The van der Waals surface area contributed by atoms with E-state index in [9.17, 15) is 13.5 Å². The number of methoxy groups -OCH3 is 1. The van der Waals surface area contributed by atoms with Gasteiger partial charge in [0.1, 0.15) is 5.75 Å². The molecule has 1 saturated heterocycles. The first-order chi connectivity index (χ1) is 22.9. The Morgan fingerprint density at radius 3 is 2.26 bits per heavy atom. The Morgan fingerprint density at radius 1 is 0.787 bits per heavy atom. The molecule has 1 aliphatic heterocycles. The van der Waals surface area contributed by atoms with E-state index in [1.807, 2.05) is 91.0 Å². The lowest BCUT2D eigenvalue weighted by molar-refractivity contribution is -0.245. The highest BCUT2D eigenvalue weighted by Gasteiger charge is 2.32. The summed E-state index contributed by atoms with van der Waals surface area (Å²) in [5.41, 5.74) is 5.64. The summed E-state index contributed by atoms with van der Waals surface area (Å²) in [6.45, 7) is 0.177. The molecule has 7 nitrogen and oxygen atoms in total. The number of benzene rings is 5. The zero-order valence-corrected chi connectivity index (χ0v) is 27.6. The highest BCUT2D eigenvalue weighted by molar-refractivity contribution is 7.99. The van der Waals surface area contributed by atoms with E-state index in [2.05, 4.69) is 10.8 Å². The van der Waals surface area contributed by atoms with Crippen molar-refractivity contribution in [2.24, 2.45) is 0 Å². The van der Waals surface area contributed by atoms with E-state index in [-0.39, 0.29) is 30.3 Å². The first kappa shape index (κ1) is 33.0. The quantitative estimate of drug-likeness (QED) is 0.132. The van der Waals surface area contributed by atoms with Crippen molar-refractivity contribution in [2.75, 3.05) is 12.9 Å². The van der Waals surface area contributed by atoms with Gasteiger partial charge in [0.2, 0.25) is 10.0 Å². The largest absolute Gasteiger partial charge is 0.496 e. The number of sulfonamides is 1. The van der Waals surface area contributed by atoms with E-state index in [0.717, 1.165) is 49.8 Å². The average molecular weight is 668 g/mol. The van der Waals surface area contributed by atoms with Crippen LogP contribution in [0, 0.1) is 0 Å². The number of nitrogens with one attached hydrogen (secondary N) is 1. The first-order valence-corrected chi connectivity index (χ1v) is 17.9. The average Bonchev–Trinajstić information content (AvgIpc) is 3.14. The van der Waals surface area contributed by atoms with Gasteiger partial charge in [-0.15, -0.1) is 11.8 Å². The molecule has 242 valence electrons. The predicted molar refractivity (Wildman–Crippen MR) is 184 cm³/mol. The van der Waals surface area contributed by atoms with Crippen molar-refractivity contribution in [3.8, 4) is 16.9 Å². The van der Waals surface area contributed by atoms with E-state index in [1.165, 1.54) is 0 Å². The molecule has 9 heteroatoms. The van der Waals surface area contributed by atoms with Crippen molar-refractivity contribution in [3.63, 3.8) is 0 Å². The minimum Gasteiger partial charge on any atom is -0.496 e. The molecular weight excluding hydrogens is 631 g/mol. The van der Waals surface area contributed by atoms with Gasteiger partial charge in [-0.25, -0.2) is 13.1 Å². The molecule has 0 saturated carbocycles. The number of thioether (sulfide) groups is 1. The van der Waals surface area contributed by atoms with Gasteiger partial charge in [0.05, 0.1) is 30.8 Å². The van der Waals surface area contributed by atoms with Crippen LogP contribution in [0.5, 0.6) is 5.75 Å². The lowest BCUT2D eigenvalue weighted by Gasteiger charge is -2.36. The maximum absolute atomic E-state index is 12.7. The van der Waals surface area contributed by atoms with E-state index in [4.69, 9.17) is 14.2 Å². The van der Waals surface area contributed by atoms with Crippen LogP contribution in [0.25, 0.3) is 11.1 Å². The summed E-state index contributed by atoms with van der Waals surface area (Å²) in [7, 11) is -1.93. The first-order valence-electron chi connectivity index (χ1n) is 15.4. The van der Waals surface area contributed by atoms with Gasteiger partial charge in [-0.1, -0.05) is 97.1 Å². The fourth-order valence-corrected chi connectivity index (χ4v) is 7.59. The third-order valence-corrected chi connectivity index (χ3v) is 10.7. The monoisotopic (exact) mass is 667 g/mol. The minimum atomic E-state index is -3.61. The van der Waals surface area contributed by atoms with Gasteiger partial charge in [-0.3, -0.25) is 0 Å². The molecule has 0 unspecified atom stereocenters. The van der Waals surface area contributed by atoms with Crippen LogP contribution in [0.4, 0.5) is 0 Å². The Kier molecular flexibility index (Phi) is 10.7. The molecule has 0 spiro atoms. The molecule has 47 heavy (non-hydrogen) atoms. The summed E-state index contributed by atoms with van der Waals surface area (Å²) in [6, 6.07) is 40.2. The van der Waals surface area contributed by atoms with Crippen LogP contribution in [0.15, 0.2) is 137 Å². The number of rotatable bonds is 12. The second-order valence-corrected chi connectivity index (χ2v) is 14.1. The fourth-order valence-electron chi connectivity index (χ4n) is 5.50. The van der Waals surface area contributed by atoms with Gasteiger partial charge in [0.25, 0.3) is 0 Å².